The van der Waals surface area contributed by atoms with Gasteiger partial charge in [0.1, 0.15) is 24.3 Å². The first-order valence-electron chi connectivity index (χ1n) is 6.98. The third-order valence-corrected chi connectivity index (χ3v) is 3.37. The lowest BCUT2D eigenvalue weighted by molar-refractivity contribution is 0.105. The molecule has 0 bridgehead atoms. The van der Waals surface area contributed by atoms with Gasteiger partial charge in [-0.2, -0.15) is 14.9 Å². The van der Waals surface area contributed by atoms with E-state index in [1.807, 2.05) is 0 Å². The molecule has 0 saturated heterocycles. The van der Waals surface area contributed by atoms with Crippen LogP contribution in [0.4, 0.5) is 14.5 Å². The molecule has 1 aromatic heterocycles. The summed E-state index contributed by atoms with van der Waals surface area (Å²) in [5, 5.41) is 8.28. The summed E-state index contributed by atoms with van der Waals surface area (Å²) in [5.41, 5.74) is 2.82. The van der Waals surface area contributed by atoms with Crippen LogP contribution in [0.15, 0.2) is 60.2 Å². The van der Waals surface area contributed by atoms with Crippen LogP contribution in [-0.2, 0) is 0 Å². The molecule has 0 aliphatic heterocycles. The summed E-state index contributed by atoms with van der Waals surface area (Å²) in [4.78, 5) is 16.4. The van der Waals surface area contributed by atoms with E-state index in [1.54, 1.807) is 24.3 Å². The van der Waals surface area contributed by atoms with Gasteiger partial charge < -0.3 is 0 Å². The molecule has 0 saturated carbocycles. The Morgan fingerprint density at radius 1 is 1.20 bits per heavy atom. The molecule has 3 rings (SSSR count). The second-order valence-corrected chi connectivity index (χ2v) is 5.29. The average Bonchev–Trinajstić information content (AvgIpc) is 3.09. The minimum Gasteiger partial charge on any atom is -0.285 e. The van der Waals surface area contributed by atoms with Crippen molar-refractivity contribution in [2.24, 2.45) is 5.10 Å². The van der Waals surface area contributed by atoms with Crippen LogP contribution in [0.3, 0.4) is 0 Å². The van der Waals surface area contributed by atoms with Gasteiger partial charge in [-0.25, -0.2) is 13.8 Å². The number of halogens is 3. The summed E-state index contributed by atoms with van der Waals surface area (Å²) in [6.07, 6.45) is 2.43. The standard InChI is InChI=1S/C16H10ClF2N5O/c17-10-2-1-3-12(6-10)22-23-16(24-9-20-8-21-24)15(25)13-5-4-11(18)7-14(13)19/h1-9,22H. The molecule has 0 aliphatic rings. The Balaban J connectivity index is 1.97. The van der Waals surface area contributed by atoms with E-state index in [0.717, 1.165) is 16.8 Å². The Bertz CT molecular complexity index is 943. The minimum absolute atomic E-state index is 0.247. The van der Waals surface area contributed by atoms with Gasteiger partial charge in [-0.3, -0.25) is 10.2 Å². The number of anilines is 1. The summed E-state index contributed by atoms with van der Waals surface area (Å²) in [6.45, 7) is 0. The number of benzene rings is 2. The number of nitrogens with one attached hydrogen (secondary N) is 1. The maximum absolute atomic E-state index is 13.9. The van der Waals surface area contributed by atoms with Gasteiger partial charge >= 0.3 is 0 Å². The zero-order valence-electron chi connectivity index (χ0n) is 12.5. The monoisotopic (exact) mass is 361 g/mol. The number of hydrogen-bond acceptors (Lipinski definition) is 5. The van der Waals surface area contributed by atoms with Crippen molar-refractivity contribution >= 4 is 28.9 Å². The van der Waals surface area contributed by atoms with Crippen molar-refractivity contribution in [3.05, 3.63) is 77.3 Å². The molecule has 0 radical (unpaired) electrons. The molecule has 1 heterocycles. The molecule has 0 aliphatic carbocycles. The Labute approximate surface area is 145 Å². The zero-order valence-corrected chi connectivity index (χ0v) is 13.3. The second-order valence-electron chi connectivity index (χ2n) is 4.85. The van der Waals surface area contributed by atoms with E-state index in [9.17, 15) is 13.6 Å². The molecule has 0 unspecified atom stereocenters. The number of Topliss-reactive ketones (excluding diaryl/α,β-unsaturated/α-hetero) is 1. The normalized spacial score (nSPS) is 11.4. The fourth-order valence-electron chi connectivity index (χ4n) is 1.99. The highest BCUT2D eigenvalue weighted by molar-refractivity contribution is 6.45. The van der Waals surface area contributed by atoms with E-state index < -0.39 is 17.4 Å². The van der Waals surface area contributed by atoms with Gasteiger partial charge in [0.25, 0.3) is 0 Å². The number of hydrogen-bond donors (Lipinski definition) is 1. The first-order valence-corrected chi connectivity index (χ1v) is 7.36. The highest BCUT2D eigenvalue weighted by atomic mass is 35.5. The van der Waals surface area contributed by atoms with Crippen molar-refractivity contribution < 1.29 is 13.6 Å². The molecule has 6 nitrogen and oxygen atoms in total. The number of rotatable bonds is 4. The van der Waals surface area contributed by atoms with Gasteiger partial charge in [0, 0.05) is 11.1 Å². The number of hydrazone groups is 1. The lowest BCUT2D eigenvalue weighted by Crippen LogP contribution is -2.26. The van der Waals surface area contributed by atoms with Crippen molar-refractivity contribution in [2.75, 3.05) is 5.43 Å². The van der Waals surface area contributed by atoms with Gasteiger partial charge in [0.15, 0.2) is 0 Å². The van der Waals surface area contributed by atoms with Gasteiger partial charge in [0.05, 0.1) is 11.3 Å². The molecule has 0 spiro atoms. The van der Waals surface area contributed by atoms with Gasteiger partial charge in [0.2, 0.25) is 11.6 Å². The third kappa shape index (κ3) is 3.86. The smallest absolute Gasteiger partial charge is 0.235 e. The fourth-order valence-corrected chi connectivity index (χ4v) is 2.18. The number of carbonyl (C=O) groups excluding carboxylic acids is 1. The largest absolute Gasteiger partial charge is 0.285 e. The third-order valence-electron chi connectivity index (χ3n) is 3.13. The van der Waals surface area contributed by atoms with Crippen molar-refractivity contribution in [1.82, 2.24) is 14.8 Å². The quantitative estimate of drug-likeness (QED) is 0.335. The van der Waals surface area contributed by atoms with Crippen molar-refractivity contribution in [3.8, 4) is 0 Å². The first-order chi connectivity index (χ1) is 12.0. The zero-order chi connectivity index (χ0) is 17.8. The van der Waals surface area contributed by atoms with Gasteiger partial charge in [-0.1, -0.05) is 17.7 Å². The van der Waals surface area contributed by atoms with Crippen LogP contribution in [0.2, 0.25) is 5.02 Å². The number of ketones is 1. The van der Waals surface area contributed by atoms with Crippen LogP contribution in [0, 0.1) is 11.6 Å². The van der Waals surface area contributed by atoms with Crippen molar-refractivity contribution in [2.45, 2.75) is 0 Å². The second kappa shape index (κ2) is 7.18. The fraction of sp³-hybridized carbons (Fsp3) is 0. The Hall–Kier alpha value is -3.13. The van der Waals surface area contributed by atoms with Crippen LogP contribution >= 0.6 is 11.6 Å². The van der Waals surface area contributed by atoms with Crippen LogP contribution in [-0.4, -0.2) is 26.4 Å². The lowest BCUT2D eigenvalue weighted by Gasteiger charge is -2.08. The van der Waals surface area contributed by atoms with E-state index in [1.165, 1.54) is 12.7 Å². The molecule has 0 atom stereocenters. The van der Waals surface area contributed by atoms with Crippen LogP contribution < -0.4 is 5.43 Å². The molecule has 3 aromatic rings. The van der Waals surface area contributed by atoms with E-state index in [-0.39, 0.29) is 11.4 Å². The lowest BCUT2D eigenvalue weighted by atomic mass is 10.1. The highest BCUT2D eigenvalue weighted by Crippen LogP contribution is 2.16. The Morgan fingerprint density at radius 2 is 2.04 bits per heavy atom. The van der Waals surface area contributed by atoms with Crippen LogP contribution in [0.1, 0.15) is 10.4 Å². The molecule has 9 heteroatoms. The van der Waals surface area contributed by atoms with E-state index in [4.69, 9.17) is 11.6 Å². The Morgan fingerprint density at radius 3 is 2.72 bits per heavy atom. The molecule has 1 N–H and O–H groups in total. The summed E-state index contributed by atoms with van der Waals surface area (Å²) in [7, 11) is 0. The minimum atomic E-state index is -0.999. The maximum atomic E-state index is 13.9. The molecule has 25 heavy (non-hydrogen) atoms. The van der Waals surface area contributed by atoms with Gasteiger partial charge in [-0.05, 0) is 30.3 Å². The first kappa shape index (κ1) is 16.7. The molecule has 126 valence electrons. The van der Waals surface area contributed by atoms with Gasteiger partial charge in [-0.15, -0.1) is 0 Å². The molecular weight excluding hydrogens is 352 g/mol. The maximum Gasteiger partial charge on any atom is 0.235 e. The molecule has 0 fully saturated rings. The predicted molar refractivity (Wildman–Crippen MR) is 88.6 cm³/mol. The van der Waals surface area contributed by atoms with E-state index >= 15 is 0 Å². The number of aromatic nitrogens is 3. The van der Waals surface area contributed by atoms with E-state index in [2.05, 4.69) is 20.6 Å². The average molecular weight is 362 g/mol. The Kier molecular flexibility index (Phi) is 4.80. The summed E-state index contributed by atoms with van der Waals surface area (Å²) >= 11 is 5.89. The molecule has 0 amide bonds. The van der Waals surface area contributed by atoms with Crippen molar-refractivity contribution in [1.29, 1.82) is 0 Å². The molecule has 2 aromatic carbocycles. The number of carbonyl (C=O) groups is 1. The summed E-state index contributed by atoms with van der Waals surface area (Å²) < 4.78 is 28.1. The molecular formula is C16H10ClF2N5O. The van der Waals surface area contributed by atoms with Crippen LogP contribution in [0.25, 0.3) is 0 Å². The topological polar surface area (TPSA) is 72.2 Å². The highest BCUT2D eigenvalue weighted by Gasteiger charge is 2.21. The van der Waals surface area contributed by atoms with E-state index in [0.29, 0.717) is 16.8 Å². The summed E-state index contributed by atoms with van der Waals surface area (Å²) in [6, 6.07) is 9.28. The van der Waals surface area contributed by atoms with Crippen molar-refractivity contribution in [3.63, 3.8) is 0 Å². The van der Waals surface area contributed by atoms with Crippen LogP contribution in [0.5, 0.6) is 0 Å². The SMILES string of the molecule is O=C(C(=NNc1cccc(Cl)c1)n1cncn1)c1ccc(F)cc1F. The predicted octanol–water partition coefficient (Wildman–Crippen LogP) is 3.37. The summed E-state index contributed by atoms with van der Waals surface area (Å²) in [5.74, 6) is -2.83. The number of nitrogens with zero attached hydrogens (tertiary/aromatic N) is 4.